The zero-order valence-electron chi connectivity index (χ0n) is 11.7. The van der Waals surface area contributed by atoms with Gasteiger partial charge in [-0.15, -0.1) is 0 Å². The van der Waals surface area contributed by atoms with Crippen LogP contribution >= 0.6 is 0 Å². The molecule has 0 amide bonds. The van der Waals surface area contributed by atoms with Crippen LogP contribution in [0.1, 0.15) is 59.3 Å². The molecule has 0 aliphatic heterocycles. The fourth-order valence-electron chi connectivity index (χ4n) is 1.76. The fraction of sp³-hybridized carbons (Fsp3) is 0.786. The molecule has 0 aromatic heterocycles. The predicted octanol–water partition coefficient (Wildman–Crippen LogP) is 2.68. The average Bonchev–Trinajstić information content (AvgIpc) is 2.31. The number of hydrogen-bond donors (Lipinski definition) is 0. The summed E-state index contributed by atoms with van der Waals surface area (Å²) >= 11 is 0. The summed E-state index contributed by atoms with van der Waals surface area (Å²) in [5, 5.41) is 0. The molecule has 1 atom stereocenters. The van der Waals surface area contributed by atoms with Crippen LogP contribution in [-0.4, -0.2) is 24.1 Å². The van der Waals surface area contributed by atoms with E-state index < -0.39 is 11.9 Å². The molecule has 0 bridgehead atoms. The highest BCUT2D eigenvalue weighted by molar-refractivity contribution is 6.02. The van der Waals surface area contributed by atoms with E-state index in [0.717, 1.165) is 25.7 Å². The van der Waals surface area contributed by atoms with E-state index in [1.807, 2.05) is 0 Å². The number of carbonyl (C=O) groups is 3. The molecule has 0 N–H and O–H groups in total. The van der Waals surface area contributed by atoms with Crippen LogP contribution in [-0.2, 0) is 19.1 Å². The van der Waals surface area contributed by atoms with E-state index in [1.165, 1.54) is 6.92 Å². The first kappa shape index (κ1) is 16.8. The monoisotopic (exact) mass is 256 g/mol. The maximum atomic E-state index is 11.9. The summed E-state index contributed by atoms with van der Waals surface area (Å²) in [7, 11) is 0. The molecule has 4 heteroatoms. The van der Waals surface area contributed by atoms with Crippen LogP contribution in [0.3, 0.4) is 0 Å². The number of ketones is 2. The van der Waals surface area contributed by atoms with Crippen LogP contribution in [0.2, 0.25) is 0 Å². The zero-order chi connectivity index (χ0) is 14.0. The number of ether oxygens (including phenoxy) is 1. The second-order valence-corrected chi connectivity index (χ2v) is 4.49. The van der Waals surface area contributed by atoms with Gasteiger partial charge in [0.1, 0.15) is 17.5 Å². The van der Waals surface area contributed by atoms with Crippen molar-refractivity contribution in [1.82, 2.24) is 0 Å². The minimum atomic E-state index is -0.899. The van der Waals surface area contributed by atoms with Crippen molar-refractivity contribution in [2.24, 2.45) is 5.92 Å². The minimum Gasteiger partial charge on any atom is -0.465 e. The molecule has 0 rings (SSSR count). The second kappa shape index (κ2) is 9.80. The molecule has 0 aliphatic carbocycles. The van der Waals surface area contributed by atoms with E-state index in [4.69, 9.17) is 4.74 Å². The molecule has 0 fully saturated rings. The van der Waals surface area contributed by atoms with Crippen LogP contribution < -0.4 is 0 Å². The summed E-state index contributed by atoms with van der Waals surface area (Å²) in [5.74, 6) is -1.79. The van der Waals surface area contributed by atoms with Gasteiger partial charge in [-0.05, 0) is 20.3 Å². The molecule has 0 heterocycles. The molecule has 1 unspecified atom stereocenters. The lowest BCUT2D eigenvalue weighted by Crippen LogP contribution is -2.28. The lowest BCUT2D eigenvalue weighted by Gasteiger charge is -2.12. The van der Waals surface area contributed by atoms with Crippen molar-refractivity contribution in [2.45, 2.75) is 59.3 Å². The van der Waals surface area contributed by atoms with Gasteiger partial charge in [0.15, 0.2) is 0 Å². The van der Waals surface area contributed by atoms with E-state index in [2.05, 4.69) is 6.92 Å². The Bertz CT molecular complexity index is 284. The molecule has 0 aliphatic rings. The smallest absolute Gasteiger partial charge is 0.316 e. The van der Waals surface area contributed by atoms with Crippen molar-refractivity contribution in [1.29, 1.82) is 0 Å². The Balaban J connectivity index is 4.31. The highest BCUT2D eigenvalue weighted by atomic mass is 16.5. The van der Waals surface area contributed by atoms with Crippen LogP contribution in [0.4, 0.5) is 0 Å². The molecule has 0 aromatic rings. The number of carbonyl (C=O) groups excluding carboxylic acids is 3. The van der Waals surface area contributed by atoms with Crippen LogP contribution in [0.25, 0.3) is 0 Å². The van der Waals surface area contributed by atoms with Gasteiger partial charge in [0.05, 0.1) is 6.61 Å². The van der Waals surface area contributed by atoms with Gasteiger partial charge in [-0.1, -0.05) is 26.2 Å². The number of Topliss-reactive ketones (excluding diaryl/α,β-unsaturated/α-hetero) is 2. The number of esters is 1. The second-order valence-electron chi connectivity index (χ2n) is 4.49. The maximum Gasteiger partial charge on any atom is 0.316 e. The molecule has 18 heavy (non-hydrogen) atoms. The van der Waals surface area contributed by atoms with Crippen molar-refractivity contribution in [2.75, 3.05) is 6.61 Å². The highest BCUT2D eigenvalue weighted by Crippen LogP contribution is 2.14. The van der Waals surface area contributed by atoms with Gasteiger partial charge in [0.25, 0.3) is 0 Å². The summed E-state index contributed by atoms with van der Waals surface area (Å²) in [5.41, 5.74) is 0. The molecule has 104 valence electrons. The normalized spacial score (nSPS) is 11.9. The van der Waals surface area contributed by atoms with Crippen molar-refractivity contribution < 1.29 is 19.1 Å². The van der Waals surface area contributed by atoms with Crippen LogP contribution in [0.5, 0.6) is 0 Å². The standard InChI is InChI=1S/C14H24O4/c1-4-6-7-8-9-13(16)12(10-11(3)15)14(17)18-5-2/h12H,4-10H2,1-3H3. The third kappa shape index (κ3) is 7.20. The minimum absolute atomic E-state index is 0.0363. The summed E-state index contributed by atoms with van der Waals surface area (Å²) in [6.07, 6.45) is 4.27. The largest absolute Gasteiger partial charge is 0.465 e. The van der Waals surface area contributed by atoms with Gasteiger partial charge < -0.3 is 4.74 Å². The number of rotatable bonds is 10. The summed E-state index contributed by atoms with van der Waals surface area (Å²) in [6, 6.07) is 0. The number of unbranched alkanes of at least 4 members (excludes halogenated alkanes) is 3. The third-order valence-electron chi connectivity index (χ3n) is 2.73. The topological polar surface area (TPSA) is 60.4 Å². The Kier molecular flexibility index (Phi) is 9.15. The zero-order valence-corrected chi connectivity index (χ0v) is 11.7. The molecule has 0 saturated carbocycles. The molecule has 0 aromatic carbocycles. The van der Waals surface area contributed by atoms with Gasteiger partial charge in [0.2, 0.25) is 0 Å². The Morgan fingerprint density at radius 1 is 1.06 bits per heavy atom. The van der Waals surface area contributed by atoms with Gasteiger partial charge in [-0.3, -0.25) is 14.4 Å². The lowest BCUT2D eigenvalue weighted by molar-refractivity contribution is -0.153. The summed E-state index contributed by atoms with van der Waals surface area (Å²) < 4.78 is 4.84. The van der Waals surface area contributed by atoms with Crippen molar-refractivity contribution in [3.05, 3.63) is 0 Å². The molecular weight excluding hydrogens is 232 g/mol. The maximum absolute atomic E-state index is 11.9. The van der Waals surface area contributed by atoms with Crippen molar-refractivity contribution in [3.63, 3.8) is 0 Å². The molecule has 0 spiro atoms. The Hall–Kier alpha value is -1.19. The first-order valence-electron chi connectivity index (χ1n) is 6.71. The van der Waals surface area contributed by atoms with Gasteiger partial charge in [-0.2, -0.15) is 0 Å². The molecule has 0 saturated heterocycles. The first-order valence-corrected chi connectivity index (χ1v) is 6.71. The molecule has 4 nitrogen and oxygen atoms in total. The van der Waals surface area contributed by atoms with Crippen LogP contribution in [0, 0.1) is 5.92 Å². The average molecular weight is 256 g/mol. The van der Waals surface area contributed by atoms with E-state index in [9.17, 15) is 14.4 Å². The summed E-state index contributed by atoms with van der Waals surface area (Å²) in [6.45, 7) is 5.40. The Morgan fingerprint density at radius 2 is 1.72 bits per heavy atom. The lowest BCUT2D eigenvalue weighted by atomic mass is 9.94. The quantitative estimate of drug-likeness (QED) is 0.342. The van der Waals surface area contributed by atoms with E-state index in [0.29, 0.717) is 6.42 Å². The predicted molar refractivity (Wildman–Crippen MR) is 69.2 cm³/mol. The molecule has 0 radical (unpaired) electrons. The fourth-order valence-corrected chi connectivity index (χ4v) is 1.76. The van der Waals surface area contributed by atoms with Gasteiger partial charge >= 0.3 is 5.97 Å². The first-order chi connectivity index (χ1) is 8.52. The Labute approximate surface area is 109 Å². The van der Waals surface area contributed by atoms with E-state index in [1.54, 1.807) is 6.92 Å². The highest BCUT2D eigenvalue weighted by Gasteiger charge is 2.28. The third-order valence-corrected chi connectivity index (χ3v) is 2.73. The molecular formula is C14H24O4. The SMILES string of the molecule is CCCCCCC(=O)C(CC(C)=O)C(=O)OCC. The van der Waals surface area contributed by atoms with Crippen LogP contribution in [0.15, 0.2) is 0 Å². The van der Waals surface area contributed by atoms with Crippen molar-refractivity contribution in [3.8, 4) is 0 Å². The van der Waals surface area contributed by atoms with E-state index >= 15 is 0 Å². The van der Waals surface area contributed by atoms with Gasteiger partial charge in [-0.25, -0.2) is 0 Å². The van der Waals surface area contributed by atoms with Crippen molar-refractivity contribution >= 4 is 17.5 Å². The Morgan fingerprint density at radius 3 is 2.22 bits per heavy atom. The summed E-state index contributed by atoms with van der Waals surface area (Å²) in [4.78, 5) is 34.6. The number of hydrogen-bond acceptors (Lipinski definition) is 4. The van der Waals surface area contributed by atoms with E-state index in [-0.39, 0.29) is 24.6 Å². The van der Waals surface area contributed by atoms with Gasteiger partial charge in [0, 0.05) is 12.8 Å².